The summed E-state index contributed by atoms with van der Waals surface area (Å²) in [6, 6.07) is 3.83. The van der Waals surface area contributed by atoms with Gasteiger partial charge < -0.3 is 5.32 Å². The van der Waals surface area contributed by atoms with Gasteiger partial charge in [-0.15, -0.1) is 11.3 Å². The van der Waals surface area contributed by atoms with E-state index < -0.39 is 11.7 Å². The molecule has 0 saturated carbocycles. The molecule has 0 unspecified atom stereocenters. The summed E-state index contributed by atoms with van der Waals surface area (Å²) in [6.45, 7) is 2.16. The maximum absolute atomic E-state index is 12.6. The van der Waals surface area contributed by atoms with E-state index in [1.54, 1.807) is 0 Å². The fourth-order valence-electron chi connectivity index (χ4n) is 2.47. The van der Waals surface area contributed by atoms with Crippen molar-refractivity contribution in [1.29, 1.82) is 0 Å². The van der Waals surface area contributed by atoms with Crippen LogP contribution >= 0.6 is 11.3 Å². The predicted molar refractivity (Wildman–Crippen MR) is 68.3 cm³/mol. The molecule has 2 N–H and O–H groups in total. The number of benzene rings is 1. The molecular weight excluding hydrogens is 273 g/mol. The zero-order valence-corrected chi connectivity index (χ0v) is 11.0. The summed E-state index contributed by atoms with van der Waals surface area (Å²) >= 11 is 1.53. The van der Waals surface area contributed by atoms with Crippen molar-refractivity contribution < 1.29 is 18.5 Å². The Bertz CT molecular complexity index is 585. The summed E-state index contributed by atoms with van der Waals surface area (Å²) < 4.78 is 38.8. The minimum Gasteiger partial charge on any atom is -0.346 e. The number of thiazole rings is 1. The molecule has 0 aliphatic carbocycles. The van der Waals surface area contributed by atoms with Crippen LogP contribution in [0.15, 0.2) is 18.2 Å². The van der Waals surface area contributed by atoms with Gasteiger partial charge in [0.1, 0.15) is 0 Å². The van der Waals surface area contributed by atoms with Crippen molar-refractivity contribution in [3.63, 3.8) is 0 Å². The molecule has 0 amide bonds. The summed E-state index contributed by atoms with van der Waals surface area (Å²) in [6.07, 6.45) is -2.17. The molecule has 102 valence electrons. The third-order valence-electron chi connectivity index (χ3n) is 3.52. The van der Waals surface area contributed by atoms with E-state index >= 15 is 0 Å². The Morgan fingerprint density at radius 1 is 1.21 bits per heavy atom. The Kier molecular flexibility index (Phi) is 3.22. The van der Waals surface area contributed by atoms with E-state index in [4.69, 9.17) is 0 Å². The highest BCUT2D eigenvalue weighted by Gasteiger charge is 2.31. The van der Waals surface area contributed by atoms with Crippen molar-refractivity contribution in [2.45, 2.75) is 24.9 Å². The van der Waals surface area contributed by atoms with Gasteiger partial charge in [0.15, 0.2) is 0 Å². The first kappa shape index (κ1) is 12.9. The molecule has 19 heavy (non-hydrogen) atoms. The summed E-state index contributed by atoms with van der Waals surface area (Å²) in [5.41, 5.74) is -0.141. The van der Waals surface area contributed by atoms with Crippen LogP contribution in [0.5, 0.6) is 0 Å². The molecule has 0 spiro atoms. The van der Waals surface area contributed by atoms with E-state index in [-0.39, 0.29) is 0 Å². The van der Waals surface area contributed by atoms with Crippen molar-refractivity contribution in [2.75, 3.05) is 13.1 Å². The Morgan fingerprint density at radius 3 is 2.63 bits per heavy atom. The molecule has 1 aromatic carbocycles. The van der Waals surface area contributed by atoms with E-state index in [2.05, 4.69) is 10.3 Å². The van der Waals surface area contributed by atoms with E-state index in [0.29, 0.717) is 11.4 Å². The zero-order valence-electron chi connectivity index (χ0n) is 10.2. The average molecular weight is 287 g/mol. The number of hydrogen-bond donors (Lipinski definition) is 1. The lowest BCUT2D eigenvalue weighted by molar-refractivity contribution is -0.663. The fraction of sp³-hybridized carbons (Fsp3) is 0.462. The lowest BCUT2D eigenvalue weighted by Gasteiger charge is -2.17. The first-order valence-electron chi connectivity index (χ1n) is 6.33. The SMILES string of the molecule is FC(F)(F)c1ccc2sc(C3CC[NH2+]CC3)nc2c1. The van der Waals surface area contributed by atoms with Crippen LogP contribution < -0.4 is 5.32 Å². The zero-order chi connectivity index (χ0) is 13.5. The van der Waals surface area contributed by atoms with Crippen LogP contribution in [0.25, 0.3) is 10.2 Å². The Labute approximate surface area is 112 Å². The number of nitrogens with two attached hydrogens (primary N) is 1. The van der Waals surface area contributed by atoms with Gasteiger partial charge in [-0.25, -0.2) is 4.98 Å². The van der Waals surface area contributed by atoms with Crippen LogP contribution in [0.4, 0.5) is 13.2 Å². The van der Waals surface area contributed by atoms with Crippen molar-refractivity contribution in [3.8, 4) is 0 Å². The predicted octanol–water partition coefficient (Wildman–Crippen LogP) is 2.76. The molecule has 1 aliphatic heterocycles. The molecule has 0 bridgehead atoms. The van der Waals surface area contributed by atoms with E-state index in [9.17, 15) is 13.2 Å². The lowest BCUT2D eigenvalue weighted by Crippen LogP contribution is -2.86. The number of nitrogens with zero attached hydrogens (tertiary/aromatic N) is 1. The number of aromatic nitrogens is 1. The fourth-order valence-corrected chi connectivity index (χ4v) is 3.59. The lowest BCUT2D eigenvalue weighted by atomic mass is 9.99. The molecule has 1 aromatic heterocycles. The first-order chi connectivity index (χ1) is 9.04. The van der Waals surface area contributed by atoms with Gasteiger partial charge >= 0.3 is 6.18 Å². The second-order valence-electron chi connectivity index (χ2n) is 4.87. The smallest absolute Gasteiger partial charge is 0.346 e. The number of piperidine rings is 1. The molecule has 0 atom stereocenters. The standard InChI is InChI=1S/C13H13F3N2S/c14-13(15,16)9-1-2-11-10(7-9)18-12(19-11)8-3-5-17-6-4-8/h1-2,7-8,17H,3-6H2/p+1. The maximum Gasteiger partial charge on any atom is 0.416 e. The van der Waals surface area contributed by atoms with Gasteiger partial charge in [-0.3, -0.25) is 0 Å². The monoisotopic (exact) mass is 287 g/mol. The molecule has 6 heteroatoms. The quantitative estimate of drug-likeness (QED) is 0.858. The molecule has 2 aromatic rings. The minimum atomic E-state index is -4.29. The van der Waals surface area contributed by atoms with Gasteiger partial charge in [-0.1, -0.05) is 0 Å². The maximum atomic E-state index is 12.6. The normalized spacial score (nSPS) is 18.1. The molecule has 1 aliphatic rings. The molecule has 0 radical (unpaired) electrons. The van der Waals surface area contributed by atoms with Gasteiger partial charge in [0.05, 0.1) is 33.9 Å². The van der Waals surface area contributed by atoms with Gasteiger partial charge in [0.2, 0.25) is 0 Å². The van der Waals surface area contributed by atoms with Crippen LogP contribution in [-0.4, -0.2) is 18.1 Å². The Morgan fingerprint density at radius 2 is 1.95 bits per heavy atom. The first-order valence-corrected chi connectivity index (χ1v) is 7.15. The second kappa shape index (κ2) is 4.76. The van der Waals surface area contributed by atoms with Crippen molar-refractivity contribution in [1.82, 2.24) is 4.98 Å². The molecule has 1 saturated heterocycles. The van der Waals surface area contributed by atoms with E-state index in [0.717, 1.165) is 47.8 Å². The van der Waals surface area contributed by atoms with Crippen LogP contribution in [0.2, 0.25) is 0 Å². The highest BCUT2D eigenvalue weighted by molar-refractivity contribution is 7.18. The second-order valence-corrected chi connectivity index (χ2v) is 5.93. The van der Waals surface area contributed by atoms with Gasteiger partial charge in [-0.2, -0.15) is 13.2 Å². The van der Waals surface area contributed by atoms with Gasteiger partial charge in [0.25, 0.3) is 0 Å². The van der Waals surface area contributed by atoms with Crippen molar-refractivity contribution in [2.24, 2.45) is 0 Å². The van der Waals surface area contributed by atoms with Crippen LogP contribution in [0.1, 0.15) is 29.3 Å². The van der Waals surface area contributed by atoms with Gasteiger partial charge in [0, 0.05) is 18.8 Å². The molecular formula is C13H14F3N2S+. The Hall–Kier alpha value is -1.14. The van der Waals surface area contributed by atoms with E-state index in [1.165, 1.54) is 17.4 Å². The van der Waals surface area contributed by atoms with Crippen LogP contribution in [0, 0.1) is 0 Å². The molecule has 2 nitrogen and oxygen atoms in total. The van der Waals surface area contributed by atoms with Crippen molar-refractivity contribution in [3.05, 3.63) is 28.8 Å². The Balaban J connectivity index is 1.96. The topological polar surface area (TPSA) is 29.5 Å². The average Bonchev–Trinajstić information content (AvgIpc) is 2.81. The number of quaternary nitrogens is 1. The summed E-state index contributed by atoms with van der Waals surface area (Å²) in [5.74, 6) is 0.414. The van der Waals surface area contributed by atoms with Crippen LogP contribution in [0.3, 0.4) is 0 Å². The van der Waals surface area contributed by atoms with E-state index in [1.807, 2.05) is 0 Å². The third-order valence-corrected chi connectivity index (χ3v) is 4.72. The number of fused-ring (bicyclic) bond motifs is 1. The molecule has 1 fully saturated rings. The van der Waals surface area contributed by atoms with Crippen molar-refractivity contribution >= 4 is 21.6 Å². The highest BCUT2D eigenvalue weighted by atomic mass is 32.1. The minimum absolute atomic E-state index is 0.414. The highest BCUT2D eigenvalue weighted by Crippen LogP contribution is 2.35. The summed E-state index contributed by atoms with van der Waals surface area (Å²) in [4.78, 5) is 4.42. The largest absolute Gasteiger partial charge is 0.416 e. The number of alkyl halides is 3. The summed E-state index contributed by atoms with van der Waals surface area (Å²) in [5, 5.41) is 3.26. The van der Waals surface area contributed by atoms with Gasteiger partial charge in [-0.05, 0) is 18.2 Å². The number of rotatable bonds is 1. The summed E-state index contributed by atoms with van der Waals surface area (Å²) in [7, 11) is 0. The molecule has 3 rings (SSSR count). The number of halogens is 3. The third kappa shape index (κ3) is 2.60. The number of hydrogen-bond acceptors (Lipinski definition) is 2. The molecule has 2 heterocycles. The van der Waals surface area contributed by atoms with Crippen LogP contribution in [-0.2, 0) is 6.18 Å².